The fraction of sp³-hybridized carbons (Fsp3) is 0.733. The van der Waals surface area contributed by atoms with Crippen LogP contribution in [0, 0.1) is 6.92 Å². The van der Waals surface area contributed by atoms with E-state index < -0.39 is 0 Å². The molecule has 1 aliphatic heterocycles. The average molecular weight is 277 g/mol. The normalized spacial score (nSPS) is 23.9. The molecule has 1 aliphatic rings. The van der Waals surface area contributed by atoms with Crippen LogP contribution >= 0.6 is 0 Å². The molecule has 2 atom stereocenters. The van der Waals surface area contributed by atoms with Crippen molar-refractivity contribution >= 4 is 11.6 Å². The molecule has 2 rings (SSSR count). The summed E-state index contributed by atoms with van der Waals surface area (Å²) >= 11 is 0. The predicted molar refractivity (Wildman–Crippen MR) is 84.4 cm³/mol. The van der Waals surface area contributed by atoms with E-state index in [-0.39, 0.29) is 0 Å². The van der Waals surface area contributed by atoms with Crippen LogP contribution in [0.1, 0.15) is 32.8 Å². The SMILES string of the molecule is CCCNc1ncnc(N2CC(C)N(C)C(C)C2)c1C. The minimum atomic E-state index is 0.542. The fourth-order valence-electron chi connectivity index (χ4n) is 2.76. The third-order valence-electron chi connectivity index (χ3n) is 4.26. The molecule has 20 heavy (non-hydrogen) atoms. The van der Waals surface area contributed by atoms with Crippen LogP contribution in [0.2, 0.25) is 0 Å². The van der Waals surface area contributed by atoms with E-state index in [2.05, 4.69) is 59.8 Å². The molecule has 0 aliphatic carbocycles. The molecular weight excluding hydrogens is 250 g/mol. The molecule has 0 bridgehead atoms. The first-order chi connectivity index (χ1) is 9.54. The molecule has 0 radical (unpaired) electrons. The third kappa shape index (κ3) is 3.03. The van der Waals surface area contributed by atoms with Gasteiger partial charge in [-0.15, -0.1) is 0 Å². The molecule has 0 saturated carbocycles. The number of nitrogens with zero attached hydrogens (tertiary/aromatic N) is 4. The Morgan fingerprint density at radius 1 is 1.25 bits per heavy atom. The molecule has 1 aromatic heterocycles. The van der Waals surface area contributed by atoms with E-state index in [1.165, 1.54) is 0 Å². The lowest BCUT2D eigenvalue weighted by atomic mass is 10.1. The number of hydrogen-bond acceptors (Lipinski definition) is 5. The van der Waals surface area contributed by atoms with Crippen molar-refractivity contribution in [1.29, 1.82) is 0 Å². The maximum atomic E-state index is 4.52. The number of piperazine rings is 1. The molecule has 1 aromatic rings. The zero-order chi connectivity index (χ0) is 14.7. The topological polar surface area (TPSA) is 44.3 Å². The van der Waals surface area contributed by atoms with Gasteiger partial charge in [0.25, 0.3) is 0 Å². The van der Waals surface area contributed by atoms with Crippen LogP contribution in [0.4, 0.5) is 11.6 Å². The average Bonchev–Trinajstić information content (AvgIpc) is 2.43. The van der Waals surface area contributed by atoms with Gasteiger partial charge in [-0.2, -0.15) is 0 Å². The number of likely N-dealkylation sites (N-methyl/N-ethyl adjacent to an activating group) is 1. The van der Waals surface area contributed by atoms with Crippen molar-refractivity contribution in [2.75, 3.05) is 36.9 Å². The predicted octanol–water partition coefficient (Wildman–Crippen LogP) is 2.14. The van der Waals surface area contributed by atoms with Crippen molar-refractivity contribution < 1.29 is 0 Å². The summed E-state index contributed by atoms with van der Waals surface area (Å²) in [5.41, 5.74) is 1.16. The lowest BCUT2D eigenvalue weighted by molar-refractivity contribution is 0.169. The summed E-state index contributed by atoms with van der Waals surface area (Å²) in [6.45, 7) is 11.8. The summed E-state index contributed by atoms with van der Waals surface area (Å²) in [6, 6.07) is 1.08. The molecule has 1 N–H and O–H groups in total. The second-order valence-electron chi connectivity index (χ2n) is 5.87. The molecular formula is C15H27N5. The highest BCUT2D eigenvalue weighted by Crippen LogP contribution is 2.25. The number of anilines is 2. The Labute approximate surface area is 122 Å². The van der Waals surface area contributed by atoms with E-state index >= 15 is 0 Å². The Morgan fingerprint density at radius 2 is 1.90 bits per heavy atom. The smallest absolute Gasteiger partial charge is 0.137 e. The van der Waals surface area contributed by atoms with E-state index in [9.17, 15) is 0 Å². The Hall–Kier alpha value is -1.36. The molecule has 5 nitrogen and oxygen atoms in total. The van der Waals surface area contributed by atoms with Crippen molar-refractivity contribution in [3.8, 4) is 0 Å². The van der Waals surface area contributed by atoms with E-state index in [1.807, 2.05) is 0 Å². The molecule has 112 valence electrons. The van der Waals surface area contributed by atoms with Crippen LogP contribution in [0.15, 0.2) is 6.33 Å². The van der Waals surface area contributed by atoms with Crippen LogP contribution in [0.3, 0.4) is 0 Å². The maximum Gasteiger partial charge on any atom is 0.137 e. The monoisotopic (exact) mass is 277 g/mol. The maximum absolute atomic E-state index is 4.52. The second kappa shape index (κ2) is 6.39. The summed E-state index contributed by atoms with van der Waals surface area (Å²) < 4.78 is 0. The first-order valence-corrected chi connectivity index (χ1v) is 7.57. The number of nitrogens with one attached hydrogen (secondary N) is 1. The minimum Gasteiger partial charge on any atom is -0.370 e. The van der Waals surface area contributed by atoms with Gasteiger partial charge >= 0.3 is 0 Å². The van der Waals surface area contributed by atoms with Crippen molar-refractivity contribution in [2.24, 2.45) is 0 Å². The quantitative estimate of drug-likeness (QED) is 0.913. The molecule has 0 aromatic carbocycles. The summed E-state index contributed by atoms with van der Waals surface area (Å²) in [7, 11) is 2.20. The number of rotatable bonds is 4. The lowest BCUT2D eigenvalue weighted by Crippen LogP contribution is -2.55. The first kappa shape index (κ1) is 15.0. The van der Waals surface area contributed by atoms with Gasteiger partial charge in [-0.25, -0.2) is 9.97 Å². The minimum absolute atomic E-state index is 0.542. The van der Waals surface area contributed by atoms with Crippen molar-refractivity contribution in [2.45, 2.75) is 46.2 Å². The third-order valence-corrected chi connectivity index (χ3v) is 4.26. The zero-order valence-electron chi connectivity index (χ0n) is 13.3. The van der Waals surface area contributed by atoms with Gasteiger partial charge in [-0.1, -0.05) is 6.92 Å². The van der Waals surface area contributed by atoms with Crippen LogP contribution in [-0.4, -0.2) is 53.6 Å². The van der Waals surface area contributed by atoms with Gasteiger partial charge in [0.1, 0.15) is 18.0 Å². The van der Waals surface area contributed by atoms with E-state index in [0.717, 1.165) is 43.3 Å². The van der Waals surface area contributed by atoms with E-state index in [0.29, 0.717) is 12.1 Å². The van der Waals surface area contributed by atoms with E-state index in [1.54, 1.807) is 6.33 Å². The van der Waals surface area contributed by atoms with Crippen LogP contribution in [-0.2, 0) is 0 Å². The molecule has 0 amide bonds. The van der Waals surface area contributed by atoms with Gasteiger partial charge in [0.2, 0.25) is 0 Å². The van der Waals surface area contributed by atoms with Gasteiger partial charge in [0.15, 0.2) is 0 Å². The Kier molecular flexibility index (Phi) is 4.81. The first-order valence-electron chi connectivity index (χ1n) is 7.57. The standard InChI is InChI=1S/C15H27N5/c1-6-7-16-14-13(4)15(18-10-17-14)20-8-11(2)19(5)12(3)9-20/h10-12H,6-9H2,1-5H3,(H,16,17,18). The largest absolute Gasteiger partial charge is 0.370 e. The molecule has 5 heteroatoms. The summed E-state index contributed by atoms with van der Waals surface area (Å²) in [5, 5.41) is 3.39. The highest BCUT2D eigenvalue weighted by molar-refractivity contribution is 5.58. The van der Waals surface area contributed by atoms with Gasteiger partial charge < -0.3 is 10.2 Å². The summed E-state index contributed by atoms with van der Waals surface area (Å²) in [4.78, 5) is 13.7. The number of aromatic nitrogens is 2. The van der Waals surface area contributed by atoms with Gasteiger partial charge in [0, 0.05) is 37.3 Å². The molecule has 1 saturated heterocycles. The Morgan fingerprint density at radius 3 is 2.50 bits per heavy atom. The highest BCUT2D eigenvalue weighted by Gasteiger charge is 2.28. The van der Waals surface area contributed by atoms with Crippen LogP contribution in [0.5, 0.6) is 0 Å². The highest BCUT2D eigenvalue weighted by atomic mass is 15.3. The Balaban J connectivity index is 2.20. The number of hydrogen-bond donors (Lipinski definition) is 1. The summed E-state index contributed by atoms with van der Waals surface area (Å²) in [6.07, 6.45) is 2.77. The molecule has 1 fully saturated rings. The van der Waals surface area contributed by atoms with E-state index in [4.69, 9.17) is 0 Å². The molecule has 2 unspecified atom stereocenters. The zero-order valence-corrected chi connectivity index (χ0v) is 13.3. The van der Waals surface area contributed by atoms with Gasteiger partial charge in [-0.05, 0) is 34.2 Å². The van der Waals surface area contributed by atoms with Gasteiger partial charge in [0.05, 0.1) is 0 Å². The van der Waals surface area contributed by atoms with Crippen molar-refractivity contribution in [1.82, 2.24) is 14.9 Å². The van der Waals surface area contributed by atoms with Crippen LogP contribution < -0.4 is 10.2 Å². The van der Waals surface area contributed by atoms with Gasteiger partial charge in [-0.3, -0.25) is 4.90 Å². The second-order valence-corrected chi connectivity index (χ2v) is 5.87. The van der Waals surface area contributed by atoms with Crippen molar-refractivity contribution in [3.63, 3.8) is 0 Å². The molecule has 2 heterocycles. The molecule has 0 spiro atoms. The van der Waals surface area contributed by atoms with Crippen molar-refractivity contribution in [3.05, 3.63) is 11.9 Å². The fourth-order valence-corrected chi connectivity index (χ4v) is 2.76. The van der Waals surface area contributed by atoms with Crippen LogP contribution in [0.25, 0.3) is 0 Å². The lowest BCUT2D eigenvalue weighted by Gasteiger charge is -2.43. The Bertz CT molecular complexity index is 436. The summed E-state index contributed by atoms with van der Waals surface area (Å²) in [5.74, 6) is 2.04.